The van der Waals surface area contributed by atoms with Crippen LogP contribution in [-0.2, 0) is 9.53 Å². The van der Waals surface area contributed by atoms with Crippen LogP contribution in [0.15, 0.2) is 36.4 Å². The van der Waals surface area contributed by atoms with Crippen molar-refractivity contribution in [1.29, 1.82) is 0 Å². The number of halogens is 1. The highest BCUT2D eigenvalue weighted by Gasteiger charge is 2.24. The highest BCUT2D eigenvalue weighted by Crippen LogP contribution is 2.24. The third kappa shape index (κ3) is 5.60. The molecule has 0 aliphatic heterocycles. The Balaban J connectivity index is 3.02. The van der Waals surface area contributed by atoms with Crippen LogP contribution in [-0.4, -0.2) is 17.5 Å². The number of nitrogens with one attached hydrogen (secondary N) is 1. The van der Waals surface area contributed by atoms with Crippen LogP contribution in [0.4, 0.5) is 4.79 Å². The zero-order valence-corrected chi connectivity index (χ0v) is 13.5. The Kier molecular flexibility index (Phi) is 5.55. The van der Waals surface area contributed by atoms with Crippen molar-refractivity contribution in [2.24, 2.45) is 0 Å². The average molecular weight is 310 g/mol. The van der Waals surface area contributed by atoms with E-state index >= 15 is 0 Å². The average Bonchev–Trinajstić information content (AvgIpc) is 2.32. The van der Waals surface area contributed by atoms with Crippen LogP contribution in [0.1, 0.15) is 39.3 Å². The molecule has 21 heavy (non-hydrogen) atoms. The van der Waals surface area contributed by atoms with E-state index in [1.54, 1.807) is 45.0 Å². The number of alkyl carbamates (subject to hydrolysis) is 1. The Morgan fingerprint density at radius 2 is 1.95 bits per heavy atom. The van der Waals surface area contributed by atoms with Crippen molar-refractivity contribution in [2.45, 2.75) is 39.3 Å². The van der Waals surface area contributed by atoms with Gasteiger partial charge in [-0.05, 0) is 45.4 Å². The second-order valence-corrected chi connectivity index (χ2v) is 6.15. The molecule has 1 N–H and O–H groups in total. The standard InChI is InChI=1S/C16H20ClNO3/c1-10(11(2)19)14(12-7-6-8-13(17)9-12)18-15(20)21-16(3,4)5/h6-9,14H,1H2,2-5H3,(H,18,20)/t14-/m1/s1. The first-order valence-corrected chi connectivity index (χ1v) is 6.92. The molecule has 1 atom stereocenters. The van der Waals surface area contributed by atoms with Crippen molar-refractivity contribution in [3.8, 4) is 0 Å². The maximum atomic E-state index is 11.9. The molecule has 0 saturated heterocycles. The molecule has 0 saturated carbocycles. The summed E-state index contributed by atoms with van der Waals surface area (Å²) in [5, 5.41) is 3.17. The summed E-state index contributed by atoms with van der Waals surface area (Å²) >= 11 is 5.96. The van der Waals surface area contributed by atoms with Gasteiger partial charge in [0, 0.05) is 10.6 Å². The molecular weight excluding hydrogens is 290 g/mol. The lowest BCUT2D eigenvalue weighted by atomic mass is 9.97. The topological polar surface area (TPSA) is 55.4 Å². The lowest BCUT2D eigenvalue weighted by Crippen LogP contribution is -2.36. The second kappa shape index (κ2) is 6.76. The lowest BCUT2D eigenvalue weighted by molar-refractivity contribution is -0.113. The number of Topliss-reactive ketones (excluding diaryl/α,β-unsaturated/α-hetero) is 1. The van der Waals surface area contributed by atoms with E-state index < -0.39 is 17.7 Å². The Hall–Kier alpha value is -1.81. The number of ketones is 1. The van der Waals surface area contributed by atoms with Gasteiger partial charge in [0.15, 0.2) is 5.78 Å². The van der Waals surface area contributed by atoms with Crippen molar-refractivity contribution >= 4 is 23.5 Å². The SMILES string of the molecule is C=C(C(C)=O)[C@@H](NC(=O)OC(C)(C)C)c1cccc(Cl)c1. The Bertz CT molecular complexity index is 561. The Morgan fingerprint density at radius 1 is 1.33 bits per heavy atom. The first kappa shape index (κ1) is 17.2. The summed E-state index contributed by atoms with van der Waals surface area (Å²) in [6.07, 6.45) is -0.616. The maximum Gasteiger partial charge on any atom is 0.408 e. The van der Waals surface area contributed by atoms with Crippen LogP contribution in [0.2, 0.25) is 5.02 Å². The van der Waals surface area contributed by atoms with Gasteiger partial charge in [-0.3, -0.25) is 4.79 Å². The van der Waals surface area contributed by atoms with E-state index in [2.05, 4.69) is 11.9 Å². The van der Waals surface area contributed by atoms with Crippen molar-refractivity contribution in [3.05, 3.63) is 47.0 Å². The quantitative estimate of drug-likeness (QED) is 0.854. The molecule has 0 aliphatic carbocycles. The van der Waals surface area contributed by atoms with Crippen LogP contribution in [0.3, 0.4) is 0 Å². The minimum absolute atomic E-state index is 0.212. The maximum absolute atomic E-state index is 11.9. The largest absolute Gasteiger partial charge is 0.444 e. The molecule has 1 amide bonds. The van der Waals surface area contributed by atoms with E-state index in [1.807, 2.05) is 0 Å². The van der Waals surface area contributed by atoms with E-state index in [4.69, 9.17) is 16.3 Å². The third-order valence-corrected chi connectivity index (χ3v) is 2.88. The van der Waals surface area contributed by atoms with Crippen LogP contribution >= 0.6 is 11.6 Å². The number of amides is 1. The first-order valence-electron chi connectivity index (χ1n) is 6.55. The molecule has 4 nitrogen and oxygen atoms in total. The highest BCUT2D eigenvalue weighted by molar-refractivity contribution is 6.30. The predicted molar refractivity (Wildman–Crippen MR) is 83.4 cm³/mol. The number of rotatable bonds is 4. The summed E-state index contributed by atoms with van der Waals surface area (Å²) in [7, 11) is 0. The zero-order chi connectivity index (χ0) is 16.2. The van der Waals surface area contributed by atoms with Crippen molar-refractivity contribution in [3.63, 3.8) is 0 Å². The van der Waals surface area contributed by atoms with Gasteiger partial charge in [-0.25, -0.2) is 4.79 Å². The molecule has 0 spiro atoms. The summed E-state index contributed by atoms with van der Waals surface area (Å²) in [4.78, 5) is 23.5. The predicted octanol–water partition coefficient (Wildman–Crippen LogP) is 4.05. The van der Waals surface area contributed by atoms with Gasteiger partial charge in [0.2, 0.25) is 0 Å². The van der Waals surface area contributed by atoms with Gasteiger partial charge >= 0.3 is 6.09 Å². The summed E-state index contributed by atoms with van der Waals surface area (Å²) in [6, 6.07) is 6.23. The van der Waals surface area contributed by atoms with Gasteiger partial charge in [-0.2, -0.15) is 0 Å². The summed E-state index contributed by atoms with van der Waals surface area (Å²) in [5.74, 6) is -0.212. The van der Waals surface area contributed by atoms with Gasteiger partial charge in [0.05, 0.1) is 6.04 Å². The van der Waals surface area contributed by atoms with Crippen LogP contribution in [0, 0.1) is 0 Å². The Morgan fingerprint density at radius 3 is 2.43 bits per heavy atom. The van der Waals surface area contributed by atoms with Gasteiger partial charge < -0.3 is 10.1 Å². The zero-order valence-electron chi connectivity index (χ0n) is 12.7. The van der Waals surface area contributed by atoms with Crippen molar-refractivity contribution in [1.82, 2.24) is 5.32 Å². The van der Waals surface area contributed by atoms with Gasteiger partial charge in [0.25, 0.3) is 0 Å². The van der Waals surface area contributed by atoms with E-state index in [0.29, 0.717) is 10.6 Å². The molecule has 5 heteroatoms. The van der Waals surface area contributed by atoms with Gasteiger partial charge in [-0.15, -0.1) is 0 Å². The first-order chi connectivity index (χ1) is 9.60. The molecule has 1 rings (SSSR count). The molecule has 0 aromatic heterocycles. The second-order valence-electron chi connectivity index (χ2n) is 5.72. The monoisotopic (exact) mass is 309 g/mol. The number of hydrogen-bond donors (Lipinski definition) is 1. The number of hydrogen-bond acceptors (Lipinski definition) is 3. The molecule has 114 valence electrons. The van der Waals surface area contributed by atoms with Crippen LogP contribution in [0.25, 0.3) is 0 Å². The van der Waals surface area contributed by atoms with Crippen LogP contribution < -0.4 is 5.32 Å². The number of carbonyl (C=O) groups is 2. The normalized spacial score (nSPS) is 12.4. The van der Waals surface area contributed by atoms with E-state index in [-0.39, 0.29) is 11.4 Å². The fraction of sp³-hybridized carbons (Fsp3) is 0.375. The Labute approximate surface area is 130 Å². The van der Waals surface area contributed by atoms with Crippen LogP contribution in [0.5, 0.6) is 0 Å². The molecule has 0 radical (unpaired) electrons. The van der Waals surface area contributed by atoms with E-state index in [0.717, 1.165) is 0 Å². The molecule has 0 fully saturated rings. The molecular formula is C16H20ClNO3. The summed E-state index contributed by atoms with van der Waals surface area (Å²) in [6.45, 7) is 10.4. The third-order valence-electron chi connectivity index (χ3n) is 2.64. The number of ether oxygens (including phenoxy) is 1. The lowest BCUT2D eigenvalue weighted by Gasteiger charge is -2.24. The molecule has 0 unspecified atom stereocenters. The fourth-order valence-corrected chi connectivity index (χ4v) is 1.89. The van der Waals surface area contributed by atoms with Crippen molar-refractivity contribution in [2.75, 3.05) is 0 Å². The fourth-order valence-electron chi connectivity index (χ4n) is 1.69. The summed E-state index contributed by atoms with van der Waals surface area (Å²) < 4.78 is 5.21. The summed E-state index contributed by atoms with van der Waals surface area (Å²) in [5.41, 5.74) is 0.317. The molecule has 0 aliphatic rings. The highest BCUT2D eigenvalue weighted by atomic mass is 35.5. The molecule has 0 bridgehead atoms. The molecule has 1 aromatic carbocycles. The minimum Gasteiger partial charge on any atom is -0.444 e. The minimum atomic E-state index is -0.670. The molecule has 0 heterocycles. The van der Waals surface area contributed by atoms with Gasteiger partial charge in [0.1, 0.15) is 5.60 Å². The smallest absolute Gasteiger partial charge is 0.408 e. The molecule has 1 aromatic rings. The van der Waals surface area contributed by atoms with E-state index in [1.165, 1.54) is 6.92 Å². The van der Waals surface area contributed by atoms with Gasteiger partial charge in [-0.1, -0.05) is 30.3 Å². The number of benzene rings is 1. The number of carbonyl (C=O) groups excluding carboxylic acids is 2. The van der Waals surface area contributed by atoms with Crippen molar-refractivity contribution < 1.29 is 14.3 Å². The van der Waals surface area contributed by atoms with E-state index in [9.17, 15) is 9.59 Å².